The van der Waals surface area contributed by atoms with E-state index in [0.29, 0.717) is 0 Å². The summed E-state index contributed by atoms with van der Waals surface area (Å²) in [4.78, 5) is 10.6. The molecule has 0 aromatic heterocycles. The first-order chi connectivity index (χ1) is 6.97. The zero-order valence-corrected chi connectivity index (χ0v) is 10.2. The molecule has 0 aromatic rings. The number of aliphatic hydroxyl groups is 4. The predicted molar refractivity (Wildman–Crippen MR) is 55.9 cm³/mol. The van der Waals surface area contributed by atoms with Gasteiger partial charge in [-0.3, -0.25) is 4.79 Å². The molecule has 1 aliphatic heterocycles. The highest BCUT2D eigenvalue weighted by Gasteiger charge is 2.44. The highest BCUT2D eigenvalue weighted by Crippen LogP contribution is 2.21. The Morgan fingerprint density at radius 1 is 1.25 bits per heavy atom. The minimum absolute atomic E-state index is 0. The first-order valence-electron chi connectivity index (χ1n) is 4.45. The number of halogens is 1. The van der Waals surface area contributed by atoms with E-state index in [9.17, 15) is 20.1 Å². The van der Waals surface area contributed by atoms with E-state index in [1.165, 1.54) is 0 Å². The molecule has 1 heterocycles. The Morgan fingerprint density at radius 2 is 1.81 bits per heavy atom. The molecule has 4 N–H and O–H groups in total. The van der Waals surface area contributed by atoms with Crippen LogP contribution in [0.5, 0.6) is 0 Å². The van der Waals surface area contributed by atoms with Crippen LogP contribution in [0.4, 0.5) is 0 Å². The molecule has 0 aromatic carbocycles. The van der Waals surface area contributed by atoms with Gasteiger partial charge in [-0.1, -0.05) is 0 Å². The average Bonchev–Trinajstić information content (AvgIpc) is 2.18. The molecule has 96 valence electrons. The van der Waals surface area contributed by atoms with Crippen molar-refractivity contribution >= 4 is 23.0 Å². The Hall–Kier alpha value is -0.250. The summed E-state index contributed by atoms with van der Waals surface area (Å²) in [5.74, 6) is -0.695. The second-order valence-corrected chi connectivity index (χ2v) is 3.31. The molecule has 0 radical (unpaired) electrons. The standard InChI is InChI=1S/C8H14O7.BrH/c1-3(10)14-8-7(13)6(12)5(11)4(2-9)15-8;/h4-9,11-13H,2H2,1H3;1H/t4-,5+,6+,7-,8+;/m1./s1. The summed E-state index contributed by atoms with van der Waals surface area (Å²) in [7, 11) is 0. The summed E-state index contributed by atoms with van der Waals surface area (Å²) >= 11 is 0. The van der Waals surface area contributed by atoms with Crippen LogP contribution < -0.4 is 0 Å². The van der Waals surface area contributed by atoms with E-state index in [-0.39, 0.29) is 17.0 Å². The molecule has 7 nitrogen and oxygen atoms in total. The van der Waals surface area contributed by atoms with E-state index in [1.807, 2.05) is 0 Å². The molecular formula is C8H15BrO7. The highest BCUT2D eigenvalue weighted by atomic mass is 79.9. The van der Waals surface area contributed by atoms with E-state index in [4.69, 9.17) is 9.84 Å². The first kappa shape index (κ1) is 15.8. The monoisotopic (exact) mass is 302 g/mol. The molecular weight excluding hydrogens is 288 g/mol. The van der Waals surface area contributed by atoms with E-state index in [0.717, 1.165) is 6.92 Å². The van der Waals surface area contributed by atoms with Gasteiger partial charge in [0.25, 0.3) is 0 Å². The molecule has 0 spiro atoms. The lowest BCUT2D eigenvalue weighted by Gasteiger charge is -2.38. The number of carbonyl (C=O) groups is 1. The third kappa shape index (κ3) is 3.37. The Bertz CT molecular complexity index is 234. The number of aliphatic hydroxyl groups excluding tert-OH is 4. The molecule has 0 aliphatic carbocycles. The molecule has 1 rings (SSSR count). The number of carbonyl (C=O) groups excluding carboxylic acids is 1. The maximum atomic E-state index is 10.6. The van der Waals surface area contributed by atoms with Crippen molar-refractivity contribution in [2.75, 3.05) is 6.61 Å². The van der Waals surface area contributed by atoms with Crippen molar-refractivity contribution in [1.29, 1.82) is 0 Å². The van der Waals surface area contributed by atoms with Crippen molar-refractivity contribution in [2.24, 2.45) is 0 Å². The van der Waals surface area contributed by atoms with Gasteiger partial charge in [-0.15, -0.1) is 17.0 Å². The molecule has 1 fully saturated rings. The van der Waals surface area contributed by atoms with Crippen LogP contribution in [0.3, 0.4) is 0 Å². The lowest BCUT2D eigenvalue weighted by atomic mass is 9.99. The van der Waals surface area contributed by atoms with E-state index in [2.05, 4.69) is 4.74 Å². The van der Waals surface area contributed by atoms with Crippen LogP contribution in [0.25, 0.3) is 0 Å². The SMILES string of the molecule is Br.CC(=O)O[C@H]1O[C@H](CO)[C@H](O)[C@H](O)[C@H]1O. The smallest absolute Gasteiger partial charge is 0.305 e. The highest BCUT2D eigenvalue weighted by molar-refractivity contribution is 8.93. The Balaban J connectivity index is 0.00000225. The largest absolute Gasteiger partial charge is 0.433 e. The van der Waals surface area contributed by atoms with Gasteiger partial charge in [-0.25, -0.2) is 0 Å². The summed E-state index contributed by atoms with van der Waals surface area (Å²) < 4.78 is 9.45. The summed E-state index contributed by atoms with van der Waals surface area (Å²) in [6.07, 6.45) is -6.95. The van der Waals surface area contributed by atoms with Crippen molar-refractivity contribution in [3.05, 3.63) is 0 Å². The van der Waals surface area contributed by atoms with Crippen LogP contribution in [0, 0.1) is 0 Å². The van der Waals surface area contributed by atoms with Crippen molar-refractivity contribution < 1.29 is 34.7 Å². The summed E-state index contributed by atoms with van der Waals surface area (Å²) in [5.41, 5.74) is 0. The Kier molecular flexibility index (Phi) is 6.38. The molecule has 0 unspecified atom stereocenters. The van der Waals surface area contributed by atoms with Crippen LogP contribution >= 0.6 is 17.0 Å². The fraction of sp³-hybridized carbons (Fsp3) is 0.875. The number of ether oxygens (including phenoxy) is 2. The van der Waals surface area contributed by atoms with Gasteiger partial charge in [0.2, 0.25) is 6.29 Å². The lowest BCUT2D eigenvalue weighted by Crippen LogP contribution is -2.59. The zero-order chi connectivity index (χ0) is 11.6. The molecule has 0 bridgehead atoms. The molecule has 16 heavy (non-hydrogen) atoms. The van der Waals surface area contributed by atoms with Crippen LogP contribution in [0.1, 0.15) is 6.92 Å². The Labute approximate surface area is 102 Å². The molecule has 0 saturated carbocycles. The van der Waals surface area contributed by atoms with Crippen LogP contribution in [0.2, 0.25) is 0 Å². The average molecular weight is 303 g/mol. The summed E-state index contributed by atoms with van der Waals surface area (Å²) in [6.45, 7) is 0.560. The van der Waals surface area contributed by atoms with Crippen LogP contribution in [-0.4, -0.2) is 63.7 Å². The molecule has 1 aliphatic rings. The molecule has 1 saturated heterocycles. The number of hydrogen-bond acceptors (Lipinski definition) is 7. The second-order valence-electron chi connectivity index (χ2n) is 3.31. The fourth-order valence-corrected chi connectivity index (χ4v) is 1.33. The van der Waals surface area contributed by atoms with Gasteiger partial charge >= 0.3 is 5.97 Å². The van der Waals surface area contributed by atoms with Crippen molar-refractivity contribution in [2.45, 2.75) is 37.6 Å². The van der Waals surface area contributed by atoms with Gasteiger partial charge < -0.3 is 29.9 Å². The summed E-state index contributed by atoms with van der Waals surface area (Å²) in [6, 6.07) is 0. The minimum Gasteiger partial charge on any atom is -0.433 e. The van der Waals surface area contributed by atoms with Gasteiger partial charge in [0, 0.05) is 6.92 Å². The van der Waals surface area contributed by atoms with Crippen molar-refractivity contribution in [1.82, 2.24) is 0 Å². The van der Waals surface area contributed by atoms with Gasteiger partial charge in [0.1, 0.15) is 24.4 Å². The molecule has 8 heteroatoms. The predicted octanol–water partition coefficient (Wildman–Crippen LogP) is -2.07. The van der Waals surface area contributed by atoms with Crippen LogP contribution in [0.15, 0.2) is 0 Å². The van der Waals surface area contributed by atoms with Gasteiger partial charge in [0.05, 0.1) is 6.61 Å². The minimum atomic E-state index is -1.54. The summed E-state index contributed by atoms with van der Waals surface area (Å²) in [5, 5.41) is 36.8. The first-order valence-corrected chi connectivity index (χ1v) is 4.45. The number of rotatable bonds is 2. The van der Waals surface area contributed by atoms with Crippen molar-refractivity contribution in [3.8, 4) is 0 Å². The zero-order valence-electron chi connectivity index (χ0n) is 8.52. The number of esters is 1. The van der Waals surface area contributed by atoms with Crippen LogP contribution in [-0.2, 0) is 14.3 Å². The van der Waals surface area contributed by atoms with Crippen molar-refractivity contribution in [3.63, 3.8) is 0 Å². The van der Waals surface area contributed by atoms with E-state index >= 15 is 0 Å². The lowest BCUT2D eigenvalue weighted by molar-refractivity contribution is -0.292. The van der Waals surface area contributed by atoms with Gasteiger partial charge in [0.15, 0.2) is 0 Å². The molecule has 0 amide bonds. The van der Waals surface area contributed by atoms with Gasteiger partial charge in [-0.2, -0.15) is 0 Å². The maximum absolute atomic E-state index is 10.6. The van der Waals surface area contributed by atoms with Gasteiger partial charge in [-0.05, 0) is 0 Å². The quantitative estimate of drug-likeness (QED) is 0.433. The fourth-order valence-electron chi connectivity index (χ4n) is 1.33. The Morgan fingerprint density at radius 3 is 2.25 bits per heavy atom. The third-order valence-corrected chi connectivity index (χ3v) is 2.13. The normalized spacial score (nSPS) is 38.7. The maximum Gasteiger partial charge on any atom is 0.305 e. The third-order valence-electron chi connectivity index (χ3n) is 2.13. The van der Waals surface area contributed by atoms with E-state index in [1.54, 1.807) is 0 Å². The second kappa shape index (κ2) is 6.48. The topological polar surface area (TPSA) is 116 Å². The number of hydrogen-bond donors (Lipinski definition) is 4. The van der Waals surface area contributed by atoms with E-state index < -0.39 is 43.3 Å². The molecule has 5 atom stereocenters.